The number of benzene rings is 1. The lowest BCUT2D eigenvalue weighted by Gasteiger charge is -2.28. The van der Waals surface area contributed by atoms with Crippen molar-refractivity contribution in [3.05, 3.63) is 34.9 Å². The predicted molar refractivity (Wildman–Crippen MR) is 74.2 cm³/mol. The molecular formula is C16H21NO2. The van der Waals surface area contributed by atoms with E-state index >= 15 is 0 Å². The van der Waals surface area contributed by atoms with Gasteiger partial charge in [-0.3, -0.25) is 9.69 Å². The lowest BCUT2D eigenvalue weighted by molar-refractivity contribution is -0.139. The standard InChI is InChI=1S/C16H21NO2/c1-11-2-5-13-6-7-15(14(13)8-11)17(10-16(18)19)9-12-3-4-12/h2,5,8,12,15H,3-4,6-7,9-10H2,1H3,(H,18,19). The third kappa shape index (κ3) is 2.81. The zero-order chi connectivity index (χ0) is 13.4. The summed E-state index contributed by atoms with van der Waals surface area (Å²) in [5.74, 6) is 0.0231. The summed E-state index contributed by atoms with van der Waals surface area (Å²) < 4.78 is 0. The molecule has 102 valence electrons. The Kier molecular flexibility index (Phi) is 3.31. The topological polar surface area (TPSA) is 40.5 Å². The van der Waals surface area contributed by atoms with E-state index in [4.69, 9.17) is 5.11 Å². The number of carboxylic acids is 1. The molecule has 0 amide bonds. The first kappa shape index (κ1) is 12.7. The molecule has 2 aliphatic carbocycles. The number of fused-ring (bicyclic) bond motifs is 1. The van der Waals surface area contributed by atoms with Gasteiger partial charge in [0.25, 0.3) is 0 Å². The molecular weight excluding hydrogens is 238 g/mol. The van der Waals surface area contributed by atoms with Crippen molar-refractivity contribution >= 4 is 5.97 Å². The highest BCUT2D eigenvalue weighted by atomic mass is 16.4. The monoisotopic (exact) mass is 259 g/mol. The molecule has 0 radical (unpaired) electrons. The second-order valence-electron chi connectivity index (χ2n) is 6.02. The fraction of sp³-hybridized carbons (Fsp3) is 0.562. The zero-order valence-electron chi connectivity index (χ0n) is 11.4. The van der Waals surface area contributed by atoms with Crippen LogP contribution < -0.4 is 0 Å². The van der Waals surface area contributed by atoms with Crippen LogP contribution in [0.5, 0.6) is 0 Å². The summed E-state index contributed by atoms with van der Waals surface area (Å²) in [7, 11) is 0. The van der Waals surface area contributed by atoms with Crippen molar-refractivity contribution in [2.75, 3.05) is 13.1 Å². The van der Waals surface area contributed by atoms with Gasteiger partial charge in [0.2, 0.25) is 0 Å². The molecule has 1 atom stereocenters. The fourth-order valence-electron chi connectivity index (χ4n) is 3.19. The van der Waals surface area contributed by atoms with Crippen LogP contribution in [0.4, 0.5) is 0 Å². The Balaban J connectivity index is 1.83. The van der Waals surface area contributed by atoms with Crippen LogP contribution >= 0.6 is 0 Å². The first-order valence-electron chi connectivity index (χ1n) is 7.19. The normalized spacial score (nSPS) is 21.7. The molecule has 1 aromatic carbocycles. The van der Waals surface area contributed by atoms with E-state index in [1.54, 1.807) is 0 Å². The Bertz CT molecular complexity index is 494. The second-order valence-corrected chi connectivity index (χ2v) is 6.02. The molecule has 1 N–H and O–H groups in total. The minimum Gasteiger partial charge on any atom is -0.480 e. The summed E-state index contributed by atoms with van der Waals surface area (Å²) >= 11 is 0. The van der Waals surface area contributed by atoms with Gasteiger partial charge in [0.1, 0.15) is 0 Å². The molecule has 1 aromatic rings. The van der Waals surface area contributed by atoms with Crippen molar-refractivity contribution in [1.29, 1.82) is 0 Å². The van der Waals surface area contributed by atoms with E-state index in [1.807, 2.05) is 0 Å². The molecule has 0 heterocycles. The molecule has 0 saturated heterocycles. The van der Waals surface area contributed by atoms with Crippen LogP contribution in [0.2, 0.25) is 0 Å². The number of rotatable bonds is 5. The number of hydrogen-bond donors (Lipinski definition) is 1. The van der Waals surface area contributed by atoms with E-state index in [9.17, 15) is 4.79 Å². The number of carboxylic acid groups (broad SMARTS) is 1. The van der Waals surface area contributed by atoms with Gasteiger partial charge in [-0.25, -0.2) is 0 Å². The van der Waals surface area contributed by atoms with Crippen molar-refractivity contribution < 1.29 is 9.90 Å². The second kappa shape index (κ2) is 4.97. The summed E-state index contributed by atoms with van der Waals surface area (Å²) in [6, 6.07) is 6.92. The highest BCUT2D eigenvalue weighted by Gasteiger charge is 2.33. The molecule has 0 aliphatic heterocycles. The van der Waals surface area contributed by atoms with Crippen LogP contribution in [0, 0.1) is 12.8 Å². The summed E-state index contributed by atoms with van der Waals surface area (Å²) in [5, 5.41) is 9.14. The number of hydrogen-bond acceptors (Lipinski definition) is 2. The van der Waals surface area contributed by atoms with Crippen LogP contribution in [0.25, 0.3) is 0 Å². The lowest BCUT2D eigenvalue weighted by atomic mass is 10.0. The molecule has 0 aromatic heterocycles. The number of nitrogens with zero attached hydrogens (tertiary/aromatic N) is 1. The van der Waals surface area contributed by atoms with Gasteiger partial charge in [0.15, 0.2) is 0 Å². The van der Waals surface area contributed by atoms with Crippen molar-refractivity contribution in [3.8, 4) is 0 Å². The predicted octanol–water partition coefficient (Wildman–Crippen LogP) is 2.78. The van der Waals surface area contributed by atoms with E-state index < -0.39 is 5.97 Å². The number of aryl methyl sites for hydroxylation is 2. The van der Waals surface area contributed by atoms with Gasteiger partial charge >= 0.3 is 5.97 Å². The molecule has 3 nitrogen and oxygen atoms in total. The molecule has 0 spiro atoms. The van der Waals surface area contributed by atoms with Crippen molar-refractivity contribution in [3.63, 3.8) is 0 Å². The SMILES string of the molecule is Cc1ccc2c(c1)C(N(CC(=O)O)CC1CC1)CC2. The average molecular weight is 259 g/mol. The van der Waals surface area contributed by atoms with Gasteiger partial charge in [-0.2, -0.15) is 0 Å². The first-order chi connectivity index (χ1) is 9.13. The molecule has 19 heavy (non-hydrogen) atoms. The molecule has 2 aliphatic rings. The summed E-state index contributed by atoms with van der Waals surface area (Å²) in [4.78, 5) is 13.3. The molecule has 3 rings (SSSR count). The van der Waals surface area contributed by atoms with Gasteiger partial charge in [0.05, 0.1) is 6.54 Å². The Morgan fingerprint density at radius 2 is 2.16 bits per heavy atom. The van der Waals surface area contributed by atoms with Gasteiger partial charge in [-0.1, -0.05) is 23.8 Å². The van der Waals surface area contributed by atoms with E-state index in [2.05, 4.69) is 30.0 Å². The smallest absolute Gasteiger partial charge is 0.317 e. The molecule has 1 fully saturated rings. The third-order valence-electron chi connectivity index (χ3n) is 4.32. The van der Waals surface area contributed by atoms with Crippen molar-refractivity contribution in [2.24, 2.45) is 5.92 Å². The van der Waals surface area contributed by atoms with E-state index in [-0.39, 0.29) is 6.54 Å². The summed E-state index contributed by atoms with van der Waals surface area (Å²) in [5.41, 5.74) is 4.04. The Morgan fingerprint density at radius 1 is 1.37 bits per heavy atom. The Labute approximate surface area is 114 Å². The number of carbonyl (C=O) groups is 1. The minimum atomic E-state index is -0.707. The van der Waals surface area contributed by atoms with Crippen LogP contribution in [-0.4, -0.2) is 29.1 Å². The van der Waals surface area contributed by atoms with Crippen molar-refractivity contribution in [1.82, 2.24) is 4.90 Å². The van der Waals surface area contributed by atoms with Crippen LogP contribution in [0.15, 0.2) is 18.2 Å². The largest absolute Gasteiger partial charge is 0.480 e. The summed E-state index contributed by atoms with van der Waals surface area (Å²) in [6.45, 7) is 3.23. The number of aliphatic carboxylic acids is 1. The molecule has 1 saturated carbocycles. The molecule has 3 heteroatoms. The van der Waals surface area contributed by atoms with Gasteiger partial charge < -0.3 is 5.11 Å². The molecule has 0 bridgehead atoms. The Hall–Kier alpha value is -1.35. The lowest BCUT2D eigenvalue weighted by Crippen LogP contribution is -2.34. The van der Waals surface area contributed by atoms with E-state index in [1.165, 1.54) is 29.5 Å². The van der Waals surface area contributed by atoms with Gasteiger partial charge in [-0.05, 0) is 49.7 Å². The maximum absolute atomic E-state index is 11.1. The third-order valence-corrected chi connectivity index (χ3v) is 4.32. The van der Waals surface area contributed by atoms with Crippen LogP contribution in [-0.2, 0) is 11.2 Å². The quantitative estimate of drug-likeness (QED) is 0.884. The average Bonchev–Trinajstić information content (AvgIpc) is 3.06. The van der Waals surface area contributed by atoms with E-state index in [0.717, 1.165) is 25.3 Å². The highest BCUT2D eigenvalue weighted by Crippen LogP contribution is 2.39. The maximum atomic E-state index is 11.1. The molecule has 1 unspecified atom stereocenters. The minimum absolute atomic E-state index is 0.175. The van der Waals surface area contributed by atoms with Crippen molar-refractivity contribution in [2.45, 2.75) is 38.6 Å². The van der Waals surface area contributed by atoms with E-state index in [0.29, 0.717) is 6.04 Å². The summed E-state index contributed by atoms with van der Waals surface area (Å²) in [6.07, 6.45) is 4.69. The van der Waals surface area contributed by atoms with Gasteiger partial charge in [-0.15, -0.1) is 0 Å². The fourth-order valence-corrected chi connectivity index (χ4v) is 3.19. The highest BCUT2D eigenvalue weighted by molar-refractivity contribution is 5.69. The Morgan fingerprint density at radius 3 is 2.84 bits per heavy atom. The van der Waals surface area contributed by atoms with Crippen LogP contribution in [0.1, 0.15) is 42.0 Å². The van der Waals surface area contributed by atoms with Gasteiger partial charge in [0, 0.05) is 12.6 Å². The first-order valence-corrected chi connectivity index (χ1v) is 7.19. The zero-order valence-corrected chi connectivity index (χ0v) is 11.4. The van der Waals surface area contributed by atoms with Crippen LogP contribution in [0.3, 0.4) is 0 Å². The maximum Gasteiger partial charge on any atom is 0.317 e.